The molecule has 0 fully saturated rings. The van der Waals surface area contributed by atoms with Gasteiger partial charge < -0.3 is 20.8 Å². The minimum atomic E-state index is 0. The average Bonchev–Trinajstić information content (AvgIpc) is 3.11. The van der Waals surface area contributed by atoms with Crippen molar-refractivity contribution in [1.82, 2.24) is 10.3 Å². The Morgan fingerprint density at radius 1 is 1.18 bits per heavy atom. The molecule has 0 bridgehead atoms. The third kappa shape index (κ3) is 5.27. The number of methoxy groups -OCH3 is 1. The number of amides is 1. The lowest BCUT2D eigenvalue weighted by Crippen LogP contribution is -2.30. The van der Waals surface area contributed by atoms with E-state index >= 15 is 0 Å². The van der Waals surface area contributed by atoms with Crippen molar-refractivity contribution in [2.75, 3.05) is 13.7 Å². The topological polar surface area (TPSA) is 80.1 Å². The maximum atomic E-state index is 12.2. The lowest BCUT2D eigenvalue weighted by molar-refractivity contribution is -0.121. The van der Waals surface area contributed by atoms with E-state index in [1.54, 1.807) is 7.11 Å². The van der Waals surface area contributed by atoms with Crippen molar-refractivity contribution in [3.63, 3.8) is 0 Å². The molecule has 1 amide bonds. The van der Waals surface area contributed by atoms with Gasteiger partial charge in [-0.1, -0.05) is 30.3 Å². The predicted octanol–water partition coefficient (Wildman–Crippen LogP) is 3.97. The summed E-state index contributed by atoms with van der Waals surface area (Å²) in [5, 5.41) is 4.25. The van der Waals surface area contributed by atoms with Crippen molar-refractivity contribution in [3.05, 3.63) is 65.9 Å². The van der Waals surface area contributed by atoms with E-state index < -0.39 is 0 Å². The zero-order chi connectivity index (χ0) is 19.2. The van der Waals surface area contributed by atoms with Gasteiger partial charge in [0.05, 0.1) is 7.11 Å². The highest BCUT2D eigenvalue weighted by molar-refractivity contribution is 5.85. The Morgan fingerprint density at radius 3 is 2.57 bits per heavy atom. The molecule has 2 atom stereocenters. The Kier molecular flexibility index (Phi) is 7.91. The van der Waals surface area contributed by atoms with Crippen LogP contribution in [0.4, 0.5) is 0 Å². The van der Waals surface area contributed by atoms with Gasteiger partial charge in [-0.15, -0.1) is 12.4 Å². The molecule has 1 aromatic heterocycles. The highest BCUT2D eigenvalue weighted by Gasteiger charge is 2.19. The van der Waals surface area contributed by atoms with Crippen molar-refractivity contribution in [2.45, 2.75) is 31.7 Å². The highest BCUT2D eigenvalue weighted by Crippen LogP contribution is 2.31. The van der Waals surface area contributed by atoms with Crippen LogP contribution < -0.4 is 15.8 Å². The summed E-state index contributed by atoms with van der Waals surface area (Å²) in [6.45, 7) is 2.45. The van der Waals surface area contributed by atoms with E-state index in [0.717, 1.165) is 16.8 Å². The third-order valence-electron chi connectivity index (χ3n) is 4.84. The van der Waals surface area contributed by atoms with E-state index in [2.05, 4.69) is 34.6 Å². The normalized spacial score (nSPS) is 12.8. The molecular formula is C22H28ClN3O2. The van der Waals surface area contributed by atoms with Gasteiger partial charge in [-0.25, -0.2) is 0 Å². The van der Waals surface area contributed by atoms with E-state index in [0.29, 0.717) is 19.4 Å². The number of para-hydroxylation sites is 1. The van der Waals surface area contributed by atoms with Gasteiger partial charge >= 0.3 is 0 Å². The molecule has 0 saturated carbocycles. The smallest absolute Gasteiger partial charge is 0.220 e. The number of aromatic nitrogens is 1. The number of carbonyl (C=O) groups excluding carboxylic acids is 1. The minimum absolute atomic E-state index is 0. The zero-order valence-electron chi connectivity index (χ0n) is 16.3. The van der Waals surface area contributed by atoms with E-state index in [1.165, 1.54) is 10.9 Å². The molecule has 3 rings (SSSR count). The molecule has 0 radical (unpaired) electrons. The molecule has 3 aromatic rings. The fourth-order valence-corrected chi connectivity index (χ4v) is 3.29. The highest BCUT2D eigenvalue weighted by atomic mass is 35.5. The van der Waals surface area contributed by atoms with Crippen LogP contribution >= 0.6 is 12.4 Å². The fraction of sp³-hybridized carbons (Fsp3) is 0.318. The van der Waals surface area contributed by atoms with Crippen molar-refractivity contribution in [3.8, 4) is 5.75 Å². The first-order chi connectivity index (χ1) is 13.1. The number of benzene rings is 2. The Morgan fingerprint density at radius 2 is 1.89 bits per heavy atom. The van der Waals surface area contributed by atoms with Crippen LogP contribution in [0.2, 0.25) is 0 Å². The van der Waals surface area contributed by atoms with Gasteiger partial charge in [0.25, 0.3) is 0 Å². The minimum Gasteiger partial charge on any atom is -0.497 e. The number of nitrogens with two attached hydrogens (primary N) is 1. The molecule has 28 heavy (non-hydrogen) atoms. The van der Waals surface area contributed by atoms with Gasteiger partial charge in [0.15, 0.2) is 0 Å². The molecule has 4 N–H and O–H groups in total. The first kappa shape index (κ1) is 21.8. The van der Waals surface area contributed by atoms with E-state index in [4.69, 9.17) is 10.5 Å². The van der Waals surface area contributed by atoms with Crippen LogP contribution in [-0.4, -0.2) is 30.6 Å². The van der Waals surface area contributed by atoms with Crippen molar-refractivity contribution in [2.24, 2.45) is 5.73 Å². The van der Waals surface area contributed by atoms with Gasteiger partial charge in [-0.3, -0.25) is 4.79 Å². The lowest BCUT2D eigenvalue weighted by Gasteiger charge is -2.19. The van der Waals surface area contributed by atoms with Gasteiger partial charge in [-0.05, 0) is 42.7 Å². The first-order valence-corrected chi connectivity index (χ1v) is 9.30. The maximum absolute atomic E-state index is 12.2. The molecule has 5 nitrogen and oxygen atoms in total. The Bertz CT molecular complexity index is 890. The molecule has 2 unspecified atom stereocenters. The second kappa shape index (κ2) is 10.2. The van der Waals surface area contributed by atoms with Crippen LogP contribution in [0.5, 0.6) is 5.75 Å². The first-order valence-electron chi connectivity index (χ1n) is 9.30. The molecule has 0 aliphatic heterocycles. The number of halogens is 1. The SMILES string of the molecule is COc1ccc(C(CNC(=O)CCC(C)N)c2c[nH]c3ccccc23)cc1.Cl. The van der Waals surface area contributed by atoms with Crippen LogP contribution in [0.25, 0.3) is 10.9 Å². The summed E-state index contributed by atoms with van der Waals surface area (Å²) >= 11 is 0. The number of H-pyrrole nitrogens is 1. The molecule has 150 valence electrons. The number of fused-ring (bicyclic) bond motifs is 1. The summed E-state index contributed by atoms with van der Waals surface area (Å²) in [5.74, 6) is 0.898. The Balaban J connectivity index is 0.00000280. The van der Waals surface area contributed by atoms with Crippen LogP contribution in [0, 0.1) is 0 Å². The van der Waals surface area contributed by atoms with Crippen LogP contribution in [-0.2, 0) is 4.79 Å². The largest absolute Gasteiger partial charge is 0.497 e. The number of aromatic amines is 1. The third-order valence-corrected chi connectivity index (χ3v) is 4.84. The molecule has 1 heterocycles. The van der Waals surface area contributed by atoms with Crippen LogP contribution in [0.3, 0.4) is 0 Å². The maximum Gasteiger partial charge on any atom is 0.220 e. The van der Waals surface area contributed by atoms with Crippen molar-refractivity contribution < 1.29 is 9.53 Å². The molecule has 0 aliphatic rings. The fourth-order valence-electron chi connectivity index (χ4n) is 3.29. The molecular weight excluding hydrogens is 374 g/mol. The summed E-state index contributed by atoms with van der Waals surface area (Å²) in [6, 6.07) is 16.3. The number of rotatable bonds is 8. The molecule has 0 saturated heterocycles. The summed E-state index contributed by atoms with van der Waals surface area (Å²) < 4.78 is 5.27. The Labute approximate surface area is 172 Å². The molecule has 2 aromatic carbocycles. The van der Waals surface area contributed by atoms with Gasteiger partial charge in [-0.2, -0.15) is 0 Å². The number of ether oxygens (including phenoxy) is 1. The summed E-state index contributed by atoms with van der Waals surface area (Å²) in [6.07, 6.45) is 3.17. The van der Waals surface area contributed by atoms with Crippen LogP contribution in [0.15, 0.2) is 54.7 Å². The average molecular weight is 402 g/mol. The summed E-state index contributed by atoms with van der Waals surface area (Å²) in [4.78, 5) is 15.6. The molecule has 0 aliphatic carbocycles. The molecule has 6 heteroatoms. The van der Waals surface area contributed by atoms with E-state index in [9.17, 15) is 4.79 Å². The monoisotopic (exact) mass is 401 g/mol. The molecule has 0 spiro atoms. The quantitative estimate of drug-likeness (QED) is 0.534. The van der Waals surface area contributed by atoms with Gasteiger partial charge in [0.2, 0.25) is 5.91 Å². The zero-order valence-corrected chi connectivity index (χ0v) is 17.1. The second-order valence-electron chi connectivity index (χ2n) is 6.94. The summed E-state index contributed by atoms with van der Waals surface area (Å²) in [5.41, 5.74) is 9.15. The number of hydrogen-bond acceptors (Lipinski definition) is 3. The van der Waals surface area contributed by atoms with Crippen molar-refractivity contribution >= 4 is 29.2 Å². The predicted molar refractivity (Wildman–Crippen MR) is 116 cm³/mol. The number of hydrogen-bond donors (Lipinski definition) is 3. The Hall–Kier alpha value is -2.50. The second-order valence-corrected chi connectivity index (χ2v) is 6.94. The van der Waals surface area contributed by atoms with Crippen molar-refractivity contribution in [1.29, 1.82) is 0 Å². The van der Waals surface area contributed by atoms with E-state index in [1.807, 2.05) is 37.4 Å². The van der Waals surface area contributed by atoms with E-state index in [-0.39, 0.29) is 30.3 Å². The van der Waals surface area contributed by atoms with Crippen LogP contribution in [0.1, 0.15) is 36.8 Å². The van der Waals surface area contributed by atoms with Gasteiger partial charge in [0.1, 0.15) is 5.75 Å². The number of nitrogens with one attached hydrogen (secondary N) is 2. The summed E-state index contributed by atoms with van der Waals surface area (Å²) in [7, 11) is 1.66. The van der Waals surface area contributed by atoms with Gasteiger partial charge in [0, 0.05) is 42.0 Å². The standard InChI is InChI=1S/C22H27N3O2.ClH/c1-15(23)7-12-22(26)25-13-19(16-8-10-17(27-2)11-9-16)20-14-24-21-6-4-3-5-18(20)21;/h3-6,8-11,14-15,19,24H,7,12-13,23H2,1-2H3,(H,25,26);1H. The lowest BCUT2D eigenvalue weighted by atomic mass is 9.90. The number of carbonyl (C=O) groups is 1.